The summed E-state index contributed by atoms with van der Waals surface area (Å²) >= 11 is 0. The molecule has 1 aliphatic rings. The molecule has 20 heavy (non-hydrogen) atoms. The summed E-state index contributed by atoms with van der Waals surface area (Å²) in [7, 11) is 3.60. The van der Waals surface area contributed by atoms with Gasteiger partial charge in [0.05, 0.1) is 25.0 Å². The topological polar surface area (TPSA) is 59.4 Å². The standard InChI is InChI=1S/C14H24N4O2/c1-17(7-8-20-2)13-9-14(19)18(16-10-13)11-12-5-3-4-6-15-12/h9-10,12,15H,3-8,11H2,1-2H3. The highest BCUT2D eigenvalue weighted by Crippen LogP contribution is 2.09. The molecule has 0 saturated carbocycles. The van der Waals surface area contributed by atoms with Crippen LogP contribution in [0.15, 0.2) is 17.1 Å². The highest BCUT2D eigenvalue weighted by atomic mass is 16.5. The smallest absolute Gasteiger partial charge is 0.268 e. The molecule has 0 bridgehead atoms. The zero-order valence-corrected chi connectivity index (χ0v) is 12.3. The van der Waals surface area contributed by atoms with Crippen LogP contribution in [0.25, 0.3) is 0 Å². The number of aromatic nitrogens is 2. The summed E-state index contributed by atoms with van der Waals surface area (Å²) in [6.45, 7) is 3.07. The van der Waals surface area contributed by atoms with Gasteiger partial charge in [-0.3, -0.25) is 4.79 Å². The Morgan fingerprint density at radius 3 is 3.05 bits per heavy atom. The first-order valence-electron chi connectivity index (χ1n) is 7.21. The van der Waals surface area contributed by atoms with Crippen molar-refractivity contribution in [3.63, 3.8) is 0 Å². The first-order chi connectivity index (χ1) is 9.70. The maximum Gasteiger partial charge on any atom is 0.268 e. The predicted molar refractivity (Wildman–Crippen MR) is 79.3 cm³/mol. The molecule has 0 spiro atoms. The zero-order valence-electron chi connectivity index (χ0n) is 12.3. The molecule has 1 N–H and O–H groups in total. The van der Waals surface area contributed by atoms with Crippen molar-refractivity contribution in [2.45, 2.75) is 31.8 Å². The lowest BCUT2D eigenvalue weighted by molar-refractivity contribution is 0.206. The van der Waals surface area contributed by atoms with E-state index in [4.69, 9.17) is 4.74 Å². The van der Waals surface area contributed by atoms with Crippen LogP contribution in [0.1, 0.15) is 19.3 Å². The fourth-order valence-electron chi connectivity index (χ4n) is 2.42. The molecule has 1 aromatic rings. The molecule has 1 atom stereocenters. The molecule has 0 radical (unpaired) electrons. The molecule has 0 aliphatic carbocycles. The molecule has 0 aromatic carbocycles. The van der Waals surface area contributed by atoms with E-state index in [-0.39, 0.29) is 5.56 Å². The Hall–Kier alpha value is -1.40. The Morgan fingerprint density at radius 1 is 1.55 bits per heavy atom. The van der Waals surface area contributed by atoms with Crippen molar-refractivity contribution < 1.29 is 4.74 Å². The number of hydrogen-bond donors (Lipinski definition) is 1. The lowest BCUT2D eigenvalue weighted by Crippen LogP contribution is -2.40. The number of nitrogens with one attached hydrogen (secondary N) is 1. The van der Waals surface area contributed by atoms with Gasteiger partial charge in [-0.1, -0.05) is 6.42 Å². The maximum atomic E-state index is 12.1. The fraction of sp³-hybridized carbons (Fsp3) is 0.714. The SMILES string of the molecule is COCCN(C)c1cnn(CC2CCCCN2)c(=O)c1. The molecule has 1 saturated heterocycles. The van der Waals surface area contributed by atoms with Crippen molar-refractivity contribution in [2.75, 3.05) is 38.8 Å². The van der Waals surface area contributed by atoms with Gasteiger partial charge in [0.1, 0.15) is 0 Å². The van der Waals surface area contributed by atoms with Gasteiger partial charge < -0.3 is 15.0 Å². The summed E-state index contributed by atoms with van der Waals surface area (Å²) in [4.78, 5) is 14.1. The van der Waals surface area contributed by atoms with E-state index in [0.717, 1.165) is 25.2 Å². The van der Waals surface area contributed by atoms with Gasteiger partial charge in [-0.25, -0.2) is 4.68 Å². The lowest BCUT2D eigenvalue weighted by Gasteiger charge is -2.24. The third-order valence-corrected chi connectivity index (χ3v) is 3.73. The predicted octanol–water partition coefficient (Wildman–Crippen LogP) is 0.468. The Morgan fingerprint density at radius 2 is 2.40 bits per heavy atom. The minimum Gasteiger partial charge on any atom is -0.383 e. The summed E-state index contributed by atoms with van der Waals surface area (Å²) in [5, 5.41) is 7.72. The summed E-state index contributed by atoms with van der Waals surface area (Å²) in [5.41, 5.74) is 0.791. The zero-order chi connectivity index (χ0) is 14.4. The van der Waals surface area contributed by atoms with Gasteiger partial charge in [0.15, 0.2) is 0 Å². The summed E-state index contributed by atoms with van der Waals surface area (Å²) in [5.74, 6) is 0. The van der Waals surface area contributed by atoms with Crippen molar-refractivity contribution in [1.29, 1.82) is 0 Å². The molecule has 0 amide bonds. The molecule has 2 heterocycles. The van der Waals surface area contributed by atoms with E-state index in [9.17, 15) is 4.79 Å². The molecule has 1 aliphatic heterocycles. The molecule has 6 nitrogen and oxygen atoms in total. The van der Waals surface area contributed by atoms with E-state index in [1.807, 2.05) is 11.9 Å². The quantitative estimate of drug-likeness (QED) is 0.821. The minimum absolute atomic E-state index is 0.0425. The average molecular weight is 280 g/mol. The Bertz CT molecular complexity index is 468. The molecule has 1 fully saturated rings. The van der Waals surface area contributed by atoms with E-state index in [0.29, 0.717) is 19.2 Å². The van der Waals surface area contributed by atoms with Crippen LogP contribution in [-0.2, 0) is 11.3 Å². The number of nitrogens with zero attached hydrogens (tertiary/aromatic N) is 3. The second kappa shape index (κ2) is 7.40. The monoisotopic (exact) mass is 280 g/mol. The van der Waals surface area contributed by atoms with Gasteiger partial charge >= 0.3 is 0 Å². The van der Waals surface area contributed by atoms with E-state index in [2.05, 4.69) is 10.4 Å². The van der Waals surface area contributed by atoms with Gasteiger partial charge in [-0.2, -0.15) is 5.10 Å². The summed E-state index contributed by atoms with van der Waals surface area (Å²) < 4.78 is 6.59. The van der Waals surface area contributed by atoms with E-state index in [1.54, 1.807) is 24.1 Å². The van der Waals surface area contributed by atoms with E-state index < -0.39 is 0 Å². The van der Waals surface area contributed by atoms with Crippen LogP contribution in [-0.4, -0.2) is 49.7 Å². The summed E-state index contributed by atoms with van der Waals surface area (Å²) in [6.07, 6.45) is 5.32. The Labute approximate surface area is 119 Å². The molecule has 1 aromatic heterocycles. The number of likely N-dealkylation sites (N-methyl/N-ethyl adjacent to an activating group) is 1. The van der Waals surface area contributed by atoms with Gasteiger partial charge in [-0.15, -0.1) is 0 Å². The first-order valence-corrected chi connectivity index (χ1v) is 7.21. The van der Waals surface area contributed by atoms with E-state index >= 15 is 0 Å². The number of anilines is 1. The lowest BCUT2D eigenvalue weighted by atomic mass is 10.1. The number of rotatable bonds is 6. The Kier molecular flexibility index (Phi) is 5.55. The summed E-state index contributed by atoms with van der Waals surface area (Å²) in [6, 6.07) is 2.01. The van der Waals surface area contributed by atoms with Crippen LogP contribution in [0, 0.1) is 0 Å². The normalized spacial score (nSPS) is 19.0. The maximum absolute atomic E-state index is 12.1. The van der Waals surface area contributed by atoms with Crippen molar-refractivity contribution in [3.05, 3.63) is 22.6 Å². The van der Waals surface area contributed by atoms with Crippen LogP contribution < -0.4 is 15.8 Å². The molecule has 2 rings (SSSR count). The van der Waals surface area contributed by atoms with Gasteiger partial charge in [0.25, 0.3) is 5.56 Å². The number of piperidine rings is 1. The molecule has 1 unspecified atom stereocenters. The third-order valence-electron chi connectivity index (χ3n) is 3.73. The van der Waals surface area contributed by atoms with Crippen LogP contribution in [0.3, 0.4) is 0 Å². The Balaban J connectivity index is 1.99. The van der Waals surface area contributed by atoms with Crippen molar-refractivity contribution in [1.82, 2.24) is 15.1 Å². The van der Waals surface area contributed by atoms with Gasteiger partial charge in [-0.05, 0) is 19.4 Å². The minimum atomic E-state index is -0.0425. The molecule has 6 heteroatoms. The molecular weight excluding hydrogens is 256 g/mol. The fourth-order valence-corrected chi connectivity index (χ4v) is 2.42. The second-order valence-electron chi connectivity index (χ2n) is 5.30. The first kappa shape index (κ1) is 15.0. The number of hydrogen-bond acceptors (Lipinski definition) is 5. The van der Waals surface area contributed by atoms with Crippen molar-refractivity contribution >= 4 is 5.69 Å². The number of methoxy groups -OCH3 is 1. The largest absolute Gasteiger partial charge is 0.383 e. The van der Waals surface area contributed by atoms with E-state index in [1.165, 1.54) is 12.8 Å². The van der Waals surface area contributed by atoms with Crippen LogP contribution in [0.5, 0.6) is 0 Å². The third kappa shape index (κ3) is 4.05. The van der Waals surface area contributed by atoms with Gasteiger partial charge in [0, 0.05) is 32.8 Å². The van der Waals surface area contributed by atoms with Crippen molar-refractivity contribution in [2.24, 2.45) is 0 Å². The number of ether oxygens (including phenoxy) is 1. The van der Waals surface area contributed by atoms with Crippen LogP contribution in [0.4, 0.5) is 5.69 Å². The average Bonchev–Trinajstić information content (AvgIpc) is 2.48. The highest BCUT2D eigenvalue weighted by molar-refractivity contribution is 5.41. The van der Waals surface area contributed by atoms with Crippen LogP contribution in [0.2, 0.25) is 0 Å². The van der Waals surface area contributed by atoms with Crippen molar-refractivity contribution in [3.8, 4) is 0 Å². The van der Waals surface area contributed by atoms with Crippen LogP contribution >= 0.6 is 0 Å². The highest BCUT2D eigenvalue weighted by Gasteiger charge is 2.14. The molecular formula is C14H24N4O2. The molecule has 112 valence electrons. The van der Waals surface area contributed by atoms with Gasteiger partial charge in [0.2, 0.25) is 0 Å². The second-order valence-corrected chi connectivity index (χ2v) is 5.30.